The molecule has 0 bridgehead atoms. The largest absolute Gasteiger partial charge is 0.497 e. The van der Waals surface area contributed by atoms with E-state index in [2.05, 4.69) is 5.32 Å². The Bertz CT molecular complexity index is 470. The fraction of sp³-hybridized carbons (Fsp3) is 0.529. The Balaban J connectivity index is 2.26. The third kappa shape index (κ3) is 6.61. The quantitative estimate of drug-likeness (QED) is 0.697. The molecule has 5 heteroatoms. The molecule has 0 aliphatic heterocycles. The van der Waals surface area contributed by atoms with Crippen LogP contribution in [0.2, 0.25) is 0 Å². The van der Waals surface area contributed by atoms with Gasteiger partial charge < -0.3 is 15.2 Å². The summed E-state index contributed by atoms with van der Waals surface area (Å²) >= 11 is 0. The van der Waals surface area contributed by atoms with Gasteiger partial charge in [-0.25, -0.2) is 0 Å². The number of hydrogen-bond donors (Lipinski definition) is 2. The number of hydrogen-bond acceptors (Lipinski definition) is 3. The molecule has 0 spiro atoms. The van der Waals surface area contributed by atoms with Gasteiger partial charge in [-0.3, -0.25) is 9.59 Å². The van der Waals surface area contributed by atoms with E-state index in [0.717, 1.165) is 30.6 Å². The minimum atomic E-state index is -0.847. The van der Waals surface area contributed by atoms with Gasteiger partial charge in [0.05, 0.1) is 13.0 Å². The van der Waals surface area contributed by atoms with Gasteiger partial charge in [0.25, 0.3) is 0 Å². The zero-order valence-corrected chi connectivity index (χ0v) is 13.3. The highest BCUT2D eigenvalue weighted by Crippen LogP contribution is 2.13. The summed E-state index contributed by atoms with van der Waals surface area (Å²) in [4.78, 5) is 22.7. The second kappa shape index (κ2) is 9.82. The maximum Gasteiger partial charge on any atom is 0.308 e. The molecule has 122 valence electrons. The fourth-order valence-corrected chi connectivity index (χ4v) is 2.23. The van der Waals surface area contributed by atoms with Crippen molar-refractivity contribution in [2.24, 2.45) is 5.92 Å². The van der Waals surface area contributed by atoms with Gasteiger partial charge in [0.1, 0.15) is 5.75 Å². The van der Waals surface area contributed by atoms with Crippen LogP contribution in [0.15, 0.2) is 24.3 Å². The number of nitrogens with one attached hydrogen (secondary N) is 1. The van der Waals surface area contributed by atoms with Crippen LogP contribution in [0.5, 0.6) is 5.75 Å². The van der Waals surface area contributed by atoms with Crippen LogP contribution in [-0.2, 0) is 16.0 Å². The molecule has 1 aromatic carbocycles. The lowest BCUT2D eigenvalue weighted by Crippen LogP contribution is -2.32. The smallest absolute Gasteiger partial charge is 0.308 e. The molecule has 0 saturated carbocycles. The lowest BCUT2D eigenvalue weighted by molar-refractivity contribution is -0.141. The van der Waals surface area contributed by atoms with E-state index < -0.39 is 11.9 Å². The second-order valence-corrected chi connectivity index (χ2v) is 5.33. The summed E-state index contributed by atoms with van der Waals surface area (Å²) in [6, 6.07) is 7.77. The number of benzene rings is 1. The Kier molecular flexibility index (Phi) is 8.04. The Morgan fingerprint density at radius 2 is 1.95 bits per heavy atom. The van der Waals surface area contributed by atoms with Gasteiger partial charge in [0, 0.05) is 13.0 Å². The van der Waals surface area contributed by atoms with Crippen LogP contribution < -0.4 is 10.1 Å². The topological polar surface area (TPSA) is 75.6 Å². The Morgan fingerprint density at radius 1 is 1.27 bits per heavy atom. The summed E-state index contributed by atoms with van der Waals surface area (Å²) in [6.45, 7) is 2.15. The molecule has 0 aliphatic rings. The van der Waals surface area contributed by atoms with E-state index >= 15 is 0 Å². The summed E-state index contributed by atoms with van der Waals surface area (Å²) in [5, 5.41) is 11.7. The molecular weight excluding hydrogens is 282 g/mol. The number of carbonyl (C=O) groups excluding carboxylic acids is 1. The van der Waals surface area contributed by atoms with E-state index in [4.69, 9.17) is 9.84 Å². The van der Waals surface area contributed by atoms with Gasteiger partial charge in [-0.15, -0.1) is 0 Å². The summed E-state index contributed by atoms with van der Waals surface area (Å²) < 4.78 is 5.09. The Labute approximate surface area is 131 Å². The van der Waals surface area contributed by atoms with Crippen LogP contribution >= 0.6 is 0 Å². The van der Waals surface area contributed by atoms with Gasteiger partial charge in [0.15, 0.2) is 0 Å². The van der Waals surface area contributed by atoms with Crippen LogP contribution in [0.1, 0.15) is 38.2 Å². The third-order valence-corrected chi connectivity index (χ3v) is 3.56. The number of ether oxygens (including phenoxy) is 1. The van der Waals surface area contributed by atoms with Crippen molar-refractivity contribution in [2.75, 3.05) is 13.7 Å². The van der Waals surface area contributed by atoms with Gasteiger partial charge in [0.2, 0.25) is 5.91 Å². The fourth-order valence-electron chi connectivity index (χ4n) is 2.23. The molecule has 0 fully saturated rings. The highest BCUT2D eigenvalue weighted by molar-refractivity contribution is 5.77. The molecule has 22 heavy (non-hydrogen) atoms. The first-order valence-corrected chi connectivity index (χ1v) is 7.69. The predicted molar refractivity (Wildman–Crippen MR) is 85.0 cm³/mol. The molecule has 1 unspecified atom stereocenters. The van der Waals surface area contributed by atoms with Crippen molar-refractivity contribution >= 4 is 11.9 Å². The summed E-state index contributed by atoms with van der Waals surface area (Å²) in [5.41, 5.74) is 1.16. The molecule has 1 amide bonds. The van der Waals surface area contributed by atoms with Crippen molar-refractivity contribution in [3.05, 3.63) is 29.8 Å². The molecule has 0 saturated heterocycles. The number of methoxy groups -OCH3 is 1. The van der Waals surface area contributed by atoms with Crippen molar-refractivity contribution in [1.82, 2.24) is 5.32 Å². The lowest BCUT2D eigenvalue weighted by atomic mass is 10.0. The molecule has 1 aromatic rings. The van der Waals surface area contributed by atoms with Crippen molar-refractivity contribution in [3.8, 4) is 5.75 Å². The number of carboxylic acids is 1. The van der Waals surface area contributed by atoms with E-state index in [1.807, 2.05) is 31.2 Å². The van der Waals surface area contributed by atoms with Gasteiger partial charge in [-0.2, -0.15) is 0 Å². The van der Waals surface area contributed by atoms with E-state index in [0.29, 0.717) is 12.8 Å². The van der Waals surface area contributed by atoms with Crippen molar-refractivity contribution in [3.63, 3.8) is 0 Å². The summed E-state index contributed by atoms with van der Waals surface area (Å²) in [6.07, 6.45) is 3.34. The number of aryl methyl sites for hydroxylation is 1. The maximum atomic E-state index is 11.7. The number of carbonyl (C=O) groups is 2. The molecule has 2 N–H and O–H groups in total. The van der Waals surface area contributed by atoms with Gasteiger partial charge >= 0.3 is 5.97 Å². The number of carboxylic acid groups (broad SMARTS) is 1. The molecule has 0 heterocycles. The number of rotatable bonds is 10. The maximum absolute atomic E-state index is 11.7. The first-order valence-electron chi connectivity index (χ1n) is 7.69. The van der Waals surface area contributed by atoms with Gasteiger partial charge in [-0.05, 0) is 37.0 Å². The average molecular weight is 307 g/mol. The van der Waals surface area contributed by atoms with Crippen molar-refractivity contribution in [1.29, 1.82) is 0 Å². The van der Waals surface area contributed by atoms with Crippen molar-refractivity contribution in [2.45, 2.75) is 39.0 Å². The van der Waals surface area contributed by atoms with E-state index in [9.17, 15) is 9.59 Å². The van der Waals surface area contributed by atoms with Crippen LogP contribution in [0.4, 0.5) is 0 Å². The lowest BCUT2D eigenvalue weighted by Gasteiger charge is -2.12. The number of aliphatic carboxylic acids is 1. The molecule has 0 aliphatic carbocycles. The van der Waals surface area contributed by atoms with Crippen LogP contribution in [0.3, 0.4) is 0 Å². The van der Waals surface area contributed by atoms with Crippen LogP contribution in [-0.4, -0.2) is 30.6 Å². The zero-order chi connectivity index (χ0) is 16.4. The molecule has 1 atom stereocenters. The Hall–Kier alpha value is -2.04. The minimum absolute atomic E-state index is 0.0872. The zero-order valence-electron chi connectivity index (χ0n) is 13.3. The Morgan fingerprint density at radius 3 is 2.50 bits per heavy atom. The van der Waals surface area contributed by atoms with E-state index in [1.54, 1.807) is 7.11 Å². The first kappa shape index (κ1) is 18.0. The highest BCUT2D eigenvalue weighted by Gasteiger charge is 2.16. The van der Waals surface area contributed by atoms with Gasteiger partial charge in [-0.1, -0.05) is 25.5 Å². The van der Waals surface area contributed by atoms with E-state index in [1.165, 1.54) is 0 Å². The SMILES string of the molecule is CCCC(CNC(=O)CCCc1ccc(OC)cc1)C(=O)O. The third-order valence-electron chi connectivity index (χ3n) is 3.56. The van der Waals surface area contributed by atoms with E-state index in [-0.39, 0.29) is 12.5 Å². The second-order valence-electron chi connectivity index (χ2n) is 5.33. The standard InChI is InChI=1S/C17H25NO4/c1-3-5-14(17(20)21)12-18-16(19)7-4-6-13-8-10-15(22-2)11-9-13/h8-11,14H,3-7,12H2,1-2H3,(H,18,19)(H,20,21). The monoisotopic (exact) mass is 307 g/mol. The average Bonchev–Trinajstić information content (AvgIpc) is 2.51. The molecular formula is C17H25NO4. The predicted octanol–water partition coefficient (Wildman–Crippen LogP) is 2.64. The molecule has 1 rings (SSSR count). The normalized spacial score (nSPS) is 11.7. The van der Waals surface area contributed by atoms with Crippen molar-refractivity contribution < 1.29 is 19.4 Å². The molecule has 5 nitrogen and oxygen atoms in total. The molecule has 0 aromatic heterocycles. The number of amides is 1. The van der Waals surface area contributed by atoms with Crippen LogP contribution in [0, 0.1) is 5.92 Å². The molecule has 0 radical (unpaired) electrons. The minimum Gasteiger partial charge on any atom is -0.497 e. The highest BCUT2D eigenvalue weighted by atomic mass is 16.5. The first-order chi connectivity index (χ1) is 10.6. The summed E-state index contributed by atoms with van der Waals surface area (Å²) in [7, 11) is 1.63. The van der Waals surface area contributed by atoms with Crippen LogP contribution in [0.25, 0.3) is 0 Å². The summed E-state index contributed by atoms with van der Waals surface area (Å²) in [5.74, 6) is -0.607.